The van der Waals surface area contributed by atoms with Gasteiger partial charge in [-0.05, 0) is 37.0 Å². The van der Waals surface area contributed by atoms with Crippen molar-refractivity contribution in [3.63, 3.8) is 0 Å². The molecule has 22 heavy (non-hydrogen) atoms. The van der Waals surface area contributed by atoms with Crippen LogP contribution in [0, 0.1) is 0 Å². The van der Waals surface area contributed by atoms with Crippen molar-refractivity contribution in [2.75, 3.05) is 12.4 Å². The summed E-state index contributed by atoms with van der Waals surface area (Å²) in [4.78, 5) is 0. The second-order valence-electron chi connectivity index (χ2n) is 6.39. The summed E-state index contributed by atoms with van der Waals surface area (Å²) in [6.07, 6.45) is 7.75. The number of aryl methyl sites for hydroxylation is 1. The quantitative estimate of drug-likeness (QED) is 0.690. The van der Waals surface area contributed by atoms with Crippen LogP contribution in [0.25, 0.3) is 10.9 Å². The van der Waals surface area contributed by atoms with Crippen LogP contribution in [0.2, 0.25) is 0 Å². The summed E-state index contributed by atoms with van der Waals surface area (Å²) < 4.78 is 2.18. The Morgan fingerprint density at radius 1 is 1.23 bits per heavy atom. The number of hydrogen-bond donors (Lipinski definition) is 2. The summed E-state index contributed by atoms with van der Waals surface area (Å²) in [5.41, 5.74) is 2.62. The van der Waals surface area contributed by atoms with Crippen LogP contribution >= 0.6 is 0 Å². The van der Waals surface area contributed by atoms with Crippen molar-refractivity contribution in [1.82, 2.24) is 15.1 Å². The minimum atomic E-state index is 0.752. The normalized spacial score (nSPS) is 14.6. The number of hydrogen-bond acceptors (Lipinski definition) is 3. The maximum atomic E-state index is 4.74. The highest BCUT2D eigenvalue weighted by Gasteiger charge is 2.20. The van der Waals surface area contributed by atoms with E-state index in [9.17, 15) is 0 Å². The van der Waals surface area contributed by atoms with Gasteiger partial charge in [0.25, 0.3) is 0 Å². The molecule has 4 nitrogen and oxygen atoms in total. The number of rotatable bonds is 9. The molecular formula is C18H28N4. The van der Waals surface area contributed by atoms with E-state index in [1.54, 1.807) is 0 Å². The van der Waals surface area contributed by atoms with Gasteiger partial charge in [-0.1, -0.05) is 32.3 Å². The molecule has 0 spiro atoms. The lowest BCUT2D eigenvalue weighted by atomic mass is 10.1. The van der Waals surface area contributed by atoms with Crippen LogP contribution < -0.4 is 10.6 Å². The summed E-state index contributed by atoms with van der Waals surface area (Å²) in [6, 6.07) is 7.49. The van der Waals surface area contributed by atoms with Crippen LogP contribution in [0.1, 0.15) is 51.0 Å². The summed E-state index contributed by atoms with van der Waals surface area (Å²) in [5.74, 6) is 0.993. The molecule has 2 N–H and O–H groups in total. The first-order chi connectivity index (χ1) is 10.8. The smallest absolute Gasteiger partial charge is 0.155 e. The SMILES string of the molecule is CCCCCCn1nc(NC)c2ccc(CNC3CC3)cc21. The van der Waals surface area contributed by atoms with E-state index in [4.69, 9.17) is 5.10 Å². The van der Waals surface area contributed by atoms with Gasteiger partial charge in [0.1, 0.15) is 0 Å². The largest absolute Gasteiger partial charge is 0.371 e. The molecule has 1 aliphatic rings. The molecular weight excluding hydrogens is 272 g/mol. The van der Waals surface area contributed by atoms with E-state index in [1.807, 2.05) is 7.05 Å². The lowest BCUT2D eigenvalue weighted by Gasteiger charge is -2.06. The highest BCUT2D eigenvalue weighted by atomic mass is 15.3. The molecule has 0 atom stereocenters. The third kappa shape index (κ3) is 3.61. The van der Waals surface area contributed by atoms with Gasteiger partial charge in [-0.15, -0.1) is 0 Å². The molecule has 120 valence electrons. The van der Waals surface area contributed by atoms with Crippen molar-refractivity contribution >= 4 is 16.7 Å². The zero-order valence-electron chi connectivity index (χ0n) is 13.9. The zero-order chi connectivity index (χ0) is 15.4. The lowest BCUT2D eigenvalue weighted by molar-refractivity contribution is 0.554. The molecule has 1 fully saturated rings. The molecule has 1 aromatic carbocycles. The average Bonchev–Trinajstić information content (AvgIpc) is 3.31. The number of fused-ring (bicyclic) bond motifs is 1. The average molecular weight is 300 g/mol. The molecule has 1 aliphatic carbocycles. The first-order valence-electron chi connectivity index (χ1n) is 8.72. The zero-order valence-corrected chi connectivity index (χ0v) is 13.9. The molecule has 0 radical (unpaired) electrons. The molecule has 0 amide bonds. The van der Waals surface area contributed by atoms with E-state index in [2.05, 4.69) is 40.4 Å². The van der Waals surface area contributed by atoms with Crippen molar-refractivity contribution in [3.05, 3.63) is 23.8 Å². The molecule has 4 heteroatoms. The van der Waals surface area contributed by atoms with Crippen LogP contribution in [-0.2, 0) is 13.1 Å². The monoisotopic (exact) mass is 300 g/mol. The minimum Gasteiger partial charge on any atom is -0.371 e. The fourth-order valence-corrected chi connectivity index (χ4v) is 2.92. The maximum absolute atomic E-state index is 4.74. The van der Waals surface area contributed by atoms with Gasteiger partial charge in [0.15, 0.2) is 5.82 Å². The van der Waals surface area contributed by atoms with E-state index < -0.39 is 0 Å². The van der Waals surface area contributed by atoms with Gasteiger partial charge >= 0.3 is 0 Å². The topological polar surface area (TPSA) is 41.9 Å². The summed E-state index contributed by atoms with van der Waals surface area (Å²) in [5, 5.41) is 12.8. The van der Waals surface area contributed by atoms with Gasteiger partial charge in [0, 0.05) is 31.6 Å². The Labute approximate surface area is 133 Å². The number of benzene rings is 1. The number of unbranched alkanes of at least 4 members (excludes halogenated alkanes) is 3. The van der Waals surface area contributed by atoms with Crippen molar-refractivity contribution in [2.45, 2.75) is 64.6 Å². The van der Waals surface area contributed by atoms with Gasteiger partial charge in [0.05, 0.1) is 5.52 Å². The first-order valence-corrected chi connectivity index (χ1v) is 8.72. The van der Waals surface area contributed by atoms with Crippen LogP contribution in [0.5, 0.6) is 0 Å². The van der Waals surface area contributed by atoms with Crippen LogP contribution in [0.3, 0.4) is 0 Å². The number of anilines is 1. The van der Waals surface area contributed by atoms with Gasteiger partial charge in [-0.2, -0.15) is 5.10 Å². The Morgan fingerprint density at radius 2 is 2.09 bits per heavy atom. The van der Waals surface area contributed by atoms with Gasteiger partial charge in [-0.3, -0.25) is 4.68 Å². The van der Waals surface area contributed by atoms with E-state index in [-0.39, 0.29) is 0 Å². The Hall–Kier alpha value is -1.55. The second-order valence-corrected chi connectivity index (χ2v) is 6.39. The third-order valence-corrected chi connectivity index (χ3v) is 4.45. The Balaban J connectivity index is 1.76. The minimum absolute atomic E-state index is 0.752. The standard InChI is InChI=1S/C18H28N4/c1-3-4-5-6-11-22-17-12-14(13-20-15-8-9-15)7-10-16(17)18(19-2)21-22/h7,10,12,15,20H,3-6,8-9,11,13H2,1-2H3,(H,19,21). The predicted molar refractivity (Wildman–Crippen MR) is 93.3 cm³/mol. The summed E-state index contributed by atoms with van der Waals surface area (Å²) >= 11 is 0. The number of nitrogens with zero attached hydrogens (tertiary/aromatic N) is 2. The number of aromatic nitrogens is 2. The lowest BCUT2D eigenvalue weighted by Crippen LogP contribution is -2.15. The molecule has 0 unspecified atom stereocenters. The molecule has 3 rings (SSSR count). The summed E-state index contributed by atoms with van der Waals surface area (Å²) in [6.45, 7) is 4.23. The second kappa shape index (κ2) is 7.14. The van der Waals surface area contributed by atoms with Crippen LogP contribution in [-0.4, -0.2) is 22.9 Å². The highest BCUT2D eigenvalue weighted by molar-refractivity contribution is 5.90. The highest BCUT2D eigenvalue weighted by Crippen LogP contribution is 2.25. The van der Waals surface area contributed by atoms with Crippen LogP contribution in [0.4, 0.5) is 5.82 Å². The maximum Gasteiger partial charge on any atom is 0.155 e. The van der Waals surface area contributed by atoms with Crippen LogP contribution in [0.15, 0.2) is 18.2 Å². The summed E-state index contributed by atoms with van der Waals surface area (Å²) in [7, 11) is 1.95. The Bertz CT molecular complexity index is 613. The third-order valence-electron chi connectivity index (χ3n) is 4.45. The first kappa shape index (κ1) is 15.3. The Morgan fingerprint density at radius 3 is 2.82 bits per heavy atom. The van der Waals surface area contributed by atoms with E-state index in [1.165, 1.54) is 55.0 Å². The van der Waals surface area contributed by atoms with E-state index in [0.717, 1.165) is 24.9 Å². The van der Waals surface area contributed by atoms with Gasteiger partial charge < -0.3 is 10.6 Å². The van der Waals surface area contributed by atoms with Crippen molar-refractivity contribution in [2.24, 2.45) is 0 Å². The number of nitrogens with one attached hydrogen (secondary N) is 2. The molecule has 1 saturated carbocycles. The van der Waals surface area contributed by atoms with Crippen molar-refractivity contribution in [3.8, 4) is 0 Å². The van der Waals surface area contributed by atoms with Crippen molar-refractivity contribution in [1.29, 1.82) is 0 Å². The van der Waals surface area contributed by atoms with Gasteiger partial charge in [-0.25, -0.2) is 0 Å². The molecule has 1 aromatic heterocycles. The van der Waals surface area contributed by atoms with Gasteiger partial charge in [0.2, 0.25) is 0 Å². The molecule has 0 bridgehead atoms. The fourth-order valence-electron chi connectivity index (χ4n) is 2.92. The molecule has 0 saturated heterocycles. The van der Waals surface area contributed by atoms with Crippen molar-refractivity contribution < 1.29 is 0 Å². The van der Waals surface area contributed by atoms with E-state index in [0.29, 0.717) is 0 Å². The molecule has 2 aromatic rings. The Kier molecular flexibility index (Phi) is 4.98. The van der Waals surface area contributed by atoms with E-state index >= 15 is 0 Å². The predicted octanol–water partition coefficient (Wildman–Crippen LogP) is 3.91. The molecule has 0 aliphatic heterocycles. The molecule has 1 heterocycles. The fraction of sp³-hybridized carbons (Fsp3) is 0.611.